The molecule has 0 radical (unpaired) electrons. The minimum atomic E-state index is -0.765. The van der Waals surface area contributed by atoms with Crippen LogP contribution < -0.4 is 0 Å². The van der Waals surface area contributed by atoms with E-state index >= 15 is 0 Å². The molecule has 0 unspecified atom stereocenters. The molecule has 6 nitrogen and oxygen atoms in total. The second kappa shape index (κ2) is 5.65. The highest BCUT2D eigenvalue weighted by atomic mass is 19.1. The second-order valence-electron chi connectivity index (χ2n) is 4.91. The maximum Gasteiger partial charge on any atom is 0.251 e. The predicted octanol–water partition coefficient (Wildman–Crippen LogP) is 3.26. The summed E-state index contributed by atoms with van der Waals surface area (Å²) in [6, 6.07) is 6.66. The van der Waals surface area contributed by atoms with Gasteiger partial charge in [-0.25, -0.2) is 18.7 Å². The predicted molar refractivity (Wildman–Crippen MR) is 80.0 cm³/mol. The zero-order chi connectivity index (χ0) is 16.5. The Kier molecular flexibility index (Phi) is 3.34. The topological polar surface area (TPSA) is 69.6 Å². The van der Waals surface area contributed by atoms with Gasteiger partial charge < -0.3 is 4.42 Å². The third kappa shape index (κ3) is 2.54. The van der Waals surface area contributed by atoms with Gasteiger partial charge in [0.25, 0.3) is 5.89 Å². The largest absolute Gasteiger partial charge is 0.416 e. The highest BCUT2D eigenvalue weighted by Crippen LogP contribution is 2.26. The van der Waals surface area contributed by atoms with E-state index in [1.54, 1.807) is 41.6 Å². The first kappa shape index (κ1) is 14.2. The van der Waals surface area contributed by atoms with Crippen molar-refractivity contribution in [1.29, 1.82) is 0 Å². The summed E-state index contributed by atoms with van der Waals surface area (Å²) < 4.78 is 33.9. The van der Waals surface area contributed by atoms with Crippen LogP contribution >= 0.6 is 0 Å². The van der Waals surface area contributed by atoms with Gasteiger partial charge in [-0.1, -0.05) is 0 Å². The number of halogens is 2. The normalized spacial score (nSPS) is 10.9. The summed E-state index contributed by atoms with van der Waals surface area (Å²) in [5, 5.41) is 7.69. The Morgan fingerprint density at radius 1 is 1.00 bits per heavy atom. The van der Waals surface area contributed by atoms with Crippen molar-refractivity contribution in [2.45, 2.75) is 0 Å². The Bertz CT molecular complexity index is 980. The Hall–Kier alpha value is -3.42. The number of rotatable bonds is 3. The van der Waals surface area contributed by atoms with Crippen LogP contribution in [0, 0.1) is 11.6 Å². The Labute approximate surface area is 134 Å². The molecule has 8 heteroatoms. The molecule has 0 aliphatic carbocycles. The van der Waals surface area contributed by atoms with E-state index in [-0.39, 0.29) is 17.3 Å². The van der Waals surface area contributed by atoms with Gasteiger partial charge in [0, 0.05) is 24.7 Å². The fourth-order valence-electron chi connectivity index (χ4n) is 2.17. The lowest BCUT2D eigenvalue weighted by Crippen LogP contribution is -1.93. The van der Waals surface area contributed by atoms with Crippen LogP contribution in [0.25, 0.3) is 28.7 Å². The molecule has 3 aromatic heterocycles. The average Bonchev–Trinajstić information content (AvgIpc) is 3.27. The van der Waals surface area contributed by atoms with Gasteiger partial charge in [-0.05, 0) is 24.3 Å². The molecule has 24 heavy (non-hydrogen) atoms. The number of hydrogen-bond acceptors (Lipinski definition) is 5. The fraction of sp³-hybridized carbons (Fsp3) is 0. The number of hydrogen-bond donors (Lipinski definition) is 0. The number of aromatic nitrogens is 5. The Morgan fingerprint density at radius 2 is 1.88 bits per heavy atom. The highest BCUT2D eigenvalue weighted by Gasteiger charge is 2.15. The molecule has 0 N–H and O–H groups in total. The first-order chi connectivity index (χ1) is 11.7. The monoisotopic (exact) mass is 325 g/mol. The van der Waals surface area contributed by atoms with Gasteiger partial charge in [0.05, 0.1) is 11.1 Å². The SMILES string of the molecule is Fc1ccc(-c2nnc(-c3ccc(-n4ccnc4)nc3)o2)c(F)c1. The Balaban J connectivity index is 1.65. The number of pyridine rings is 1. The molecule has 0 fully saturated rings. The van der Waals surface area contributed by atoms with Gasteiger partial charge in [-0.15, -0.1) is 10.2 Å². The molecule has 4 rings (SSSR count). The van der Waals surface area contributed by atoms with E-state index in [0.29, 0.717) is 11.4 Å². The molecule has 0 spiro atoms. The maximum atomic E-state index is 13.8. The summed E-state index contributed by atoms with van der Waals surface area (Å²) in [4.78, 5) is 8.23. The van der Waals surface area contributed by atoms with Crippen LogP contribution in [0.15, 0.2) is 59.7 Å². The zero-order valence-corrected chi connectivity index (χ0v) is 12.1. The summed E-state index contributed by atoms with van der Waals surface area (Å²) in [5.41, 5.74) is 0.623. The first-order valence-electron chi connectivity index (χ1n) is 6.94. The van der Waals surface area contributed by atoms with E-state index in [9.17, 15) is 8.78 Å². The smallest absolute Gasteiger partial charge is 0.251 e. The van der Waals surface area contributed by atoms with Crippen LogP contribution in [0.5, 0.6) is 0 Å². The summed E-state index contributed by atoms with van der Waals surface area (Å²) in [6.07, 6.45) is 6.61. The van der Waals surface area contributed by atoms with Crippen molar-refractivity contribution in [3.8, 4) is 28.7 Å². The van der Waals surface area contributed by atoms with Crippen molar-refractivity contribution in [3.05, 3.63) is 66.9 Å². The van der Waals surface area contributed by atoms with Crippen molar-refractivity contribution in [2.24, 2.45) is 0 Å². The summed E-state index contributed by atoms with van der Waals surface area (Å²) in [6.45, 7) is 0. The van der Waals surface area contributed by atoms with Crippen LogP contribution in [0.2, 0.25) is 0 Å². The molecule has 0 saturated heterocycles. The quantitative estimate of drug-likeness (QED) is 0.578. The lowest BCUT2D eigenvalue weighted by atomic mass is 10.2. The minimum absolute atomic E-state index is 0.0267. The van der Waals surface area contributed by atoms with E-state index in [1.807, 2.05) is 0 Å². The molecule has 0 aliphatic heterocycles. The van der Waals surface area contributed by atoms with Crippen LogP contribution in [-0.2, 0) is 0 Å². The van der Waals surface area contributed by atoms with Gasteiger partial charge in [-0.3, -0.25) is 4.57 Å². The fourth-order valence-corrected chi connectivity index (χ4v) is 2.17. The molecule has 0 bridgehead atoms. The van der Waals surface area contributed by atoms with Gasteiger partial charge >= 0.3 is 0 Å². The van der Waals surface area contributed by atoms with E-state index in [1.165, 1.54) is 6.07 Å². The molecule has 0 amide bonds. The maximum absolute atomic E-state index is 13.8. The molecule has 3 heterocycles. The molecular formula is C16H9F2N5O. The molecule has 0 aliphatic rings. The van der Waals surface area contributed by atoms with E-state index in [0.717, 1.165) is 12.1 Å². The van der Waals surface area contributed by atoms with Gasteiger partial charge in [0.2, 0.25) is 5.89 Å². The number of nitrogens with zero attached hydrogens (tertiary/aromatic N) is 5. The van der Waals surface area contributed by atoms with Gasteiger partial charge in [0.1, 0.15) is 23.8 Å². The molecule has 118 valence electrons. The molecule has 0 atom stereocenters. The third-order valence-corrected chi connectivity index (χ3v) is 3.35. The molecular weight excluding hydrogens is 316 g/mol. The lowest BCUT2D eigenvalue weighted by molar-refractivity contribution is 0.560. The zero-order valence-electron chi connectivity index (χ0n) is 12.1. The third-order valence-electron chi connectivity index (χ3n) is 3.35. The summed E-state index contributed by atoms with van der Waals surface area (Å²) in [7, 11) is 0. The average molecular weight is 325 g/mol. The van der Waals surface area contributed by atoms with Gasteiger partial charge in [0.15, 0.2) is 0 Å². The van der Waals surface area contributed by atoms with Crippen molar-refractivity contribution in [2.75, 3.05) is 0 Å². The van der Waals surface area contributed by atoms with Crippen molar-refractivity contribution >= 4 is 0 Å². The molecule has 0 saturated carbocycles. The van der Waals surface area contributed by atoms with Crippen molar-refractivity contribution < 1.29 is 13.2 Å². The summed E-state index contributed by atoms with van der Waals surface area (Å²) in [5.74, 6) is -0.589. The van der Waals surface area contributed by atoms with Crippen LogP contribution in [0.1, 0.15) is 0 Å². The first-order valence-corrected chi connectivity index (χ1v) is 6.94. The summed E-state index contributed by atoms with van der Waals surface area (Å²) >= 11 is 0. The minimum Gasteiger partial charge on any atom is -0.416 e. The standard InChI is InChI=1S/C16H9F2N5O/c17-11-2-3-12(13(18)7-11)16-22-21-15(24-16)10-1-4-14(20-8-10)23-6-5-19-9-23/h1-9H. The highest BCUT2D eigenvalue weighted by molar-refractivity contribution is 5.58. The van der Waals surface area contributed by atoms with Gasteiger partial charge in [-0.2, -0.15) is 0 Å². The molecule has 4 aromatic rings. The van der Waals surface area contributed by atoms with E-state index in [2.05, 4.69) is 20.2 Å². The second-order valence-corrected chi connectivity index (χ2v) is 4.91. The van der Waals surface area contributed by atoms with Crippen LogP contribution in [0.4, 0.5) is 8.78 Å². The van der Waals surface area contributed by atoms with Crippen molar-refractivity contribution in [3.63, 3.8) is 0 Å². The van der Waals surface area contributed by atoms with Crippen LogP contribution in [-0.4, -0.2) is 24.7 Å². The number of benzene rings is 1. The van der Waals surface area contributed by atoms with Crippen molar-refractivity contribution in [1.82, 2.24) is 24.7 Å². The Morgan fingerprint density at radius 3 is 2.58 bits per heavy atom. The van der Waals surface area contributed by atoms with Crippen LogP contribution in [0.3, 0.4) is 0 Å². The number of imidazole rings is 1. The van der Waals surface area contributed by atoms with E-state index in [4.69, 9.17) is 4.42 Å². The molecule has 1 aromatic carbocycles. The lowest BCUT2D eigenvalue weighted by Gasteiger charge is -2.01. The van der Waals surface area contributed by atoms with E-state index < -0.39 is 11.6 Å².